The van der Waals surface area contributed by atoms with Crippen LogP contribution in [0, 0.1) is 0 Å². The molecule has 0 bridgehead atoms. The molecule has 0 saturated heterocycles. The first-order valence-corrected chi connectivity index (χ1v) is 7.26. The zero-order valence-electron chi connectivity index (χ0n) is 11.4. The third-order valence-electron chi connectivity index (χ3n) is 3.52. The molecule has 0 atom stereocenters. The Morgan fingerprint density at radius 2 is 1.84 bits per heavy atom. The summed E-state index contributed by atoms with van der Waals surface area (Å²) in [7, 11) is 0. The van der Waals surface area contributed by atoms with E-state index >= 15 is 0 Å². The van der Waals surface area contributed by atoms with E-state index in [1.165, 1.54) is 32.1 Å². The van der Waals surface area contributed by atoms with Crippen molar-refractivity contribution in [2.75, 3.05) is 6.61 Å². The lowest BCUT2D eigenvalue weighted by Crippen LogP contribution is -2.06. The number of allylic oxidation sites excluding steroid dienone is 2. The fourth-order valence-corrected chi connectivity index (χ4v) is 2.42. The predicted molar refractivity (Wildman–Crippen MR) is 77.1 cm³/mol. The normalized spacial score (nSPS) is 15.1. The molecule has 1 aromatic rings. The second-order valence-electron chi connectivity index (χ2n) is 5.07. The van der Waals surface area contributed by atoms with Gasteiger partial charge in [-0.2, -0.15) is 0 Å². The van der Waals surface area contributed by atoms with Gasteiger partial charge in [-0.05, 0) is 50.7 Å². The molecule has 1 aliphatic carbocycles. The molecule has 2 rings (SSSR count). The third-order valence-corrected chi connectivity index (χ3v) is 3.52. The van der Waals surface area contributed by atoms with Crippen molar-refractivity contribution >= 4 is 5.97 Å². The van der Waals surface area contributed by atoms with Crippen LogP contribution in [-0.4, -0.2) is 12.6 Å². The van der Waals surface area contributed by atoms with Gasteiger partial charge in [0.05, 0.1) is 12.2 Å². The molecular weight excluding hydrogens is 236 g/mol. The molecular formula is C17H22O2. The number of rotatable bonds is 5. The van der Waals surface area contributed by atoms with Gasteiger partial charge >= 0.3 is 5.97 Å². The molecule has 0 heterocycles. The number of carbonyl (C=O) groups is 1. The molecule has 2 nitrogen and oxygen atoms in total. The van der Waals surface area contributed by atoms with Crippen molar-refractivity contribution in [2.24, 2.45) is 0 Å². The van der Waals surface area contributed by atoms with Gasteiger partial charge in [-0.15, -0.1) is 0 Å². The Kier molecular flexibility index (Phi) is 5.67. The van der Waals surface area contributed by atoms with Crippen molar-refractivity contribution in [3.05, 3.63) is 47.5 Å². The van der Waals surface area contributed by atoms with Crippen molar-refractivity contribution < 1.29 is 9.53 Å². The Balaban J connectivity index is 1.63. The summed E-state index contributed by atoms with van der Waals surface area (Å²) in [6.07, 6.45) is 10.9. The third kappa shape index (κ3) is 4.90. The van der Waals surface area contributed by atoms with Gasteiger partial charge in [0.1, 0.15) is 0 Å². The minimum Gasteiger partial charge on any atom is -0.462 e. The predicted octanol–water partition coefficient (Wildman–Crippen LogP) is 4.51. The van der Waals surface area contributed by atoms with Gasteiger partial charge < -0.3 is 4.74 Å². The second-order valence-corrected chi connectivity index (χ2v) is 5.07. The molecule has 0 N–H and O–H groups in total. The summed E-state index contributed by atoms with van der Waals surface area (Å²) in [6.45, 7) is 0.511. The van der Waals surface area contributed by atoms with Crippen molar-refractivity contribution in [3.63, 3.8) is 0 Å². The van der Waals surface area contributed by atoms with Gasteiger partial charge in [-0.25, -0.2) is 4.79 Å². The summed E-state index contributed by atoms with van der Waals surface area (Å²) in [6, 6.07) is 9.17. The fourth-order valence-electron chi connectivity index (χ4n) is 2.42. The smallest absolute Gasteiger partial charge is 0.338 e. The summed E-state index contributed by atoms with van der Waals surface area (Å²) in [5, 5.41) is 0. The highest BCUT2D eigenvalue weighted by Crippen LogP contribution is 2.23. The topological polar surface area (TPSA) is 26.3 Å². The lowest BCUT2D eigenvalue weighted by Gasteiger charge is -2.13. The maximum atomic E-state index is 11.7. The van der Waals surface area contributed by atoms with Gasteiger partial charge in [0.25, 0.3) is 0 Å². The molecule has 0 aliphatic heterocycles. The minimum atomic E-state index is -0.217. The lowest BCUT2D eigenvalue weighted by molar-refractivity contribution is 0.0501. The average molecular weight is 258 g/mol. The van der Waals surface area contributed by atoms with E-state index in [1.54, 1.807) is 17.7 Å². The maximum absolute atomic E-state index is 11.7. The quantitative estimate of drug-likeness (QED) is 0.441. The zero-order chi connectivity index (χ0) is 13.3. The highest BCUT2D eigenvalue weighted by molar-refractivity contribution is 5.89. The molecule has 0 aromatic heterocycles. The first-order valence-electron chi connectivity index (χ1n) is 7.26. The average Bonchev–Trinajstić information content (AvgIpc) is 2.49. The second kappa shape index (κ2) is 7.78. The van der Waals surface area contributed by atoms with E-state index in [9.17, 15) is 4.79 Å². The van der Waals surface area contributed by atoms with Crippen LogP contribution >= 0.6 is 0 Å². The molecule has 1 aromatic carbocycles. The molecule has 1 saturated carbocycles. The monoisotopic (exact) mass is 258 g/mol. The summed E-state index contributed by atoms with van der Waals surface area (Å²) in [5.41, 5.74) is 2.23. The Labute approximate surface area is 115 Å². The Morgan fingerprint density at radius 3 is 2.58 bits per heavy atom. The van der Waals surface area contributed by atoms with E-state index in [2.05, 4.69) is 6.08 Å². The fraction of sp³-hybridized carbons (Fsp3) is 0.471. The van der Waals surface area contributed by atoms with Gasteiger partial charge in [0.15, 0.2) is 0 Å². The van der Waals surface area contributed by atoms with Crippen LogP contribution in [0.15, 0.2) is 42.0 Å². The standard InChI is InChI=1S/C17H22O2/c18-17(16-12-5-2-6-13-16)19-14-8-7-11-15-9-3-1-4-10-15/h2,5-6,11-13H,1,3-4,7-10,14H2. The summed E-state index contributed by atoms with van der Waals surface area (Å²) in [4.78, 5) is 11.7. The molecule has 19 heavy (non-hydrogen) atoms. The summed E-state index contributed by atoms with van der Waals surface area (Å²) in [5.74, 6) is -0.217. The molecule has 1 aliphatic rings. The molecule has 1 fully saturated rings. The van der Waals surface area contributed by atoms with Crippen molar-refractivity contribution in [2.45, 2.75) is 44.9 Å². The highest BCUT2D eigenvalue weighted by atomic mass is 16.5. The number of hydrogen-bond acceptors (Lipinski definition) is 2. The SMILES string of the molecule is O=C(OCCCC=C1CCCCC1)c1ccccc1. The van der Waals surface area contributed by atoms with Crippen molar-refractivity contribution in [1.82, 2.24) is 0 Å². The van der Waals surface area contributed by atoms with Crippen LogP contribution in [0.3, 0.4) is 0 Å². The Hall–Kier alpha value is -1.57. The number of esters is 1. The Bertz CT molecular complexity index is 412. The summed E-state index contributed by atoms with van der Waals surface area (Å²) >= 11 is 0. The highest BCUT2D eigenvalue weighted by Gasteiger charge is 2.06. The summed E-state index contributed by atoms with van der Waals surface area (Å²) < 4.78 is 5.25. The molecule has 2 heteroatoms. The van der Waals surface area contributed by atoms with Gasteiger partial charge in [-0.3, -0.25) is 0 Å². The molecule has 0 amide bonds. The largest absolute Gasteiger partial charge is 0.462 e. The van der Waals surface area contributed by atoms with Gasteiger partial charge in [0.2, 0.25) is 0 Å². The number of ether oxygens (including phenoxy) is 1. The van der Waals surface area contributed by atoms with Crippen molar-refractivity contribution in [3.8, 4) is 0 Å². The van der Waals surface area contributed by atoms with Crippen LogP contribution in [0.25, 0.3) is 0 Å². The van der Waals surface area contributed by atoms with E-state index < -0.39 is 0 Å². The molecule has 0 radical (unpaired) electrons. The molecule has 0 spiro atoms. The minimum absolute atomic E-state index is 0.217. The molecule has 0 unspecified atom stereocenters. The van der Waals surface area contributed by atoms with E-state index in [0.717, 1.165) is 12.8 Å². The molecule has 102 valence electrons. The van der Waals surface area contributed by atoms with Crippen LogP contribution in [0.2, 0.25) is 0 Å². The van der Waals surface area contributed by atoms with Crippen LogP contribution in [0.4, 0.5) is 0 Å². The lowest BCUT2D eigenvalue weighted by atomic mass is 9.94. The maximum Gasteiger partial charge on any atom is 0.338 e. The van der Waals surface area contributed by atoms with E-state index in [1.807, 2.05) is 18.2 Å². The number of benzene rings is 1. The van der Waals surface area contributed by atoms with Gasteiger partial charge in [0, 0.05) is 0 Å². The number of hydrogen-bond donors (Lipinski definition) is 0. The zero-order valence-corrected chi connectivity index (χ0v) is 11.4. The van der Waals surface area contributed by atoms with Crippen molar-refractivity contribution in [1.29, 1.82) is 0 Å². The van der Waals surface area contributed by atoms with E-state index in [0.29, 0.717) is 12.2 Å². The van der Waals surface area contributed by atoms with E-state index in [-0.39, 0.29) is 5.97 Å². The van der Waals surface area contributed by atoms with Crippen LogP contribution < -0.4 is 0 Å². The van der Waals surface area contributed by atoms with Crippen LogP contribution in [0.5, 0.6) is 0 Å². The van der Waals surface area contributed by atoms with Gasteiger partial charge in [-0.1, -0.05) is 36.3 Å². The number of unbranched alkanes of at least 4 members (excludes halogenated alkanes) is 1. The first-order chi connectivity index (χ1) is 9.36. The number of carbonyl (C=O) groups excluding carboxylic acids is 1. The Morgan fingerprint density at radius 1 is 1.11 bits per heavy atom. The van der Waals surface area contributed by atoms with Crippen LogP contribution in [0.1, 0.15) is 55.3 Å². The van der Waals surface area contributed by atoms with Crippen LogP contribution in [-0.2, 0) is 4.74 Å². The first kappa shape index (κ1) is 13.9. The van der Waals surface area contributed by atoms with E-state index in [4.69, 9.17) is 4.74 Å².